The van der Waals surface area contributed by atoms with Gasteiger partial charge in [-0.05, 0) is 51.5 Å². The molecule has 0 unspecified atom stereocenters. The SMILES string of the molecule is CC(C)=C[C@@H]1[C@H](C(=O)NCCCn2nc(C)cc2C)C1(C)C. The zero-order valence-electron chi connectivity index (χ0n) is 14.7. The van der Waals surface area contributed by atoms with Crippen LogP contribution in [0.1, 0.15) is 45.5 Å². The van der Waals surface area contributed by atoms with Crippen molar-refractivity contribution in [2.45, 2.75) is 54.5 Å². The molecule has 1 aliphatic rings. The summed E-state index contributed by atoms with van der Waals surface area (Å²) in [6.07, 6.45) is 3.15. The molecular formula is C18H29N3O. The molecule has 0 saturated heterocycles. The summed E-state index contributed by atoms with van der Waals surface area (Å²) >= 11 is 0. The van der Waals surface area contributed by atoms with Gasteiger partial charge in [0.2, 0.25) is 5.91 Å². The summed E-state index contributed by atoms with van der Waals surface area (Å²) in [5, 5.41) is 7.53. The van der Waals surface area contributed by atoms with Gasteiger partial charge >= 0.3 is 0 Å². The molecule has 1 saturated carbocycles. The Morgan fingerprint density at radius 1 is 1.41 bits per heavy atom. The van der Waals surface area contributed by atoms with Crippen LogP contribution < -0.4 is 5.32 Å². The van der Waals surface area contributed by atoms with E-state index in [0.29, 0.717) is 12.5 Å². The molecule has 1 heterocycles. The molecule has 1 aliphatic carbocycles. The van der Waals surface area contributed by atoms with Crippen LogP contribution in [0.2, 0.25) is 0 Å². The zero-order chi connectivity index (χ0) is 16.5. The van der Waals surface area contributed by atoms with Crippen molar-refractivity contribution < 1.29 is 4.79 Å². The fourth-order valence-electron chi connectivity index (χ4n) is 3.30. The highest BCUT2D eigenvalue weighted by Gasteiger charge is 2.60. The first kappa shape index (κ1) is 16.8. The summed E-state index contributed by atoms with van der Waals surface area (Å²) in [7, 11) is 0. The number of carbonyl (C=O) groups is 1. The molecular weight excluding hydrogens is 274 g/mol. The van der Waals surface area contributed by atoms with E-state index in [2.05, 4.69) is 57.2 Å². The molecule has 0 bridgehead atoms. The summed E-state index contributed by atoms with van der Waals surface area (Å²) in [5.74, 6) is 0.700. The average Bonchev–Trinajstić information content (AvgIpc) is 2.75. The second-order valence-corrected chi connectivity index (χ2v) is 7.36. The molecule has 22 heavy (non-hydrogen) atoms. The molecule has 1 fully saturated rings. The fraction of sp³-hybridized carbons (Fsp3) is 0.667. The number of nitrogens with zero attached hydrogens (tertiary/aromatic N) is 2. The lowest BCUT2D eigenvalue weighted by Crippen LogP contribution is -2.28. The van der Waals surface area contributed by atoms with Crippen molar-refractivity contribution >= 4 is 5.91 Å². The van der Waals surface area contributed by atoms with Crippen LogP contribution in [-0.2, 0) is 11.3 Å². The highest BCUT2D eigenvalue weighted by Crippen LogP contribution is 2.59. The molecule has 0 aromatic carbocycles. The molecule has 1 aromatic rings. The van der Waals surface area contributed by atoms with Crippen LogP contribution in [0, 0.1) is 31.1 Å². The maximum absolute atomic E-state index is 12.3. The van der Waals surface area contributed by atoms with E-state index in [0.717, 1.165) is 18.7 Å². The van der Waals surface area contributed by atoms with E-state index in [1.54, 1.807) is 0 Å². The van der Waals surface area contributed by atoms with Gasteiger partial charge in [0, 0.05) is 18.8 Å². The van der Waals surface area contributed by atoms with Crippen molar-refractivity contribution in [2.24, 2.45) is 17.3 Å². The van der Waals surface area contributed by atoms with Crippen molar-refractivity contribution in [1.82, 2.24) is 15.1 Å². The lowest BCUT2D eigenvalue weighted by Gasteiger charge is -2.07. The minimum atomic E-state index is 0.0943. The largest absolute Gasteiger partial charge is 0.356 e. The Balaban J connectivity index is 1.77. The van der Waals surface area contributed by atoms with Crippen LogP contribution in [0.5, 0.6) is 0 Å². The van der Waals surface area contributed by atoms with Gasteiger partial charge in [-0.1, -0.05) is 25.5 Å². The van der Waals surface area contributed by atoms with Crippen molar-refractivity contribution in [3.05, 3.63) is 29.1 Å². The van der Waals surface area contributed by atoms with Gasteiger partial charge in [-0.3, -0.25) is 9.48 Å². The Labute approximate surface area is 134 Å². The van der Waals surface area contributed by atoms with Crippen molar-refractivity contribution in [1.29, 1.82) is 0 Å². The van der Waals surface area contributed by atoms with E-state index in [-0.39, 0.29) is 17.2 Å². The second kappa shape index (κ2) is 6.27. The third-order valence-corrected chi connectivity index (χ3v) is 4.66. The molecule has 1 N–H and O–H groups in total. The number of amides is 1. The smallest absolute Gasteiger partial charge is 0.224 e. The van der Waals surface area contributed by atoms with Gasteiger partial charge in [0.15, 0.2) is 0 Å². The first-order valence-electron chi connectivity index (χ1n) is 8.17. The van der Waals surface area contributed by atoms with Crippen LogP contribution >= 0.6 is 0 Å². The van der Waals surface area contributed by atoms with E-state index >= 15 is 0 Å². The third kappa shape index (κ3) is 3.60. The summed E-state index contributed by atoms with van der Waals surface area (Å²) in [6.45, 7) is 14.2. The molecule has 1 amide bonds. The number of aryl methyl sites for hydroxylation is 3. The predicted octanol–water partition coefficient (Wildman–Crippen LogP) is 3.24. The van der Waals surface area contributed by atoms with Crippen LogP contribution in [-0.4, -0.2) is 22.2 Å². The van der Waals surface area contributed by atoms with E-state index in [4.69, 9.17) is 0 Å². The van der Waals surface area contributed by atoms with Crippen LogP contribution in [0.25, 0.3) is 0 Å². The quantitative estimate of drug-likeness (QED) is 0.648. The number of hydrogen-bond donors (Lipinski definition) is 1. The van der Waals surface area contributed by atoms with Gasteiger partial charge in [0.05, 0.1) is 11.6 Å². The summed E-state index contributed by atoms with van der Waals surface area (Å²) < 4.78 is 2.01. The fourth-order valence-corrected chi connectivity index (χ4v) is 3.30. The Morgan fingerprint density at radius 2 is 2.09 bits per heavy atom. The third-order valence-electron chi connectivity index (χ3n) is 4.66. The maximum atomic E-state index is 12.3. The van der Waals surface area contributed by atoms with Gasteiger partial charge in [0.1, 0.15) is 0 Å². The minimum Gasteiger partial charge on any atom is -0.356 e. The van der Waals surface area contributed by atoms with Crippen LogP contribution in [0.4, 0.5) is 0 Å². The van der Waals surface area contributed by atoms with E-state index in [1.807, 2.05) is 11.6 Å². The van der Waals surface area contributed by atoms with Gasteiger partial charge in [-0.15, -0.1) is 0 Å². The monoisotopic (exact) mass is 303 g/mol. The number of aromatic nitrogens is 2. The summed E-state index contributed by atoms with van der Waals surface area (Å²) in [6, 6.07) is 2.08. The highest BCUT2D eigenvalue weighted by atomic mass is 16.2. The molecule has 4 heteroatoms. The molecule has 2 rings (SSSR count). The van der Waals surface area contributed by atoms with Gasteiger partial charge in [0.25, 0.3) is 0 Å². The molecule has 122 valence electrons. The normalized spacial score (nSPS) is 22.3. The first-order valence-corrected chi connectivity index (χ1v) is 8.17. The summed E-state index contributed by atoms with van der Waals surface area (Å²) in [5.41, 5.74) is 3.61. The van der Waals surface area contributed by atoms with Crippen LogP contribution in [0.15, 0.2) is 17.7 Å². The molecule has 2 atom stereocenters. The Hall–Kier alpha value is -1.58. The second-order valence-electron chi connectivity index (χ2n) is 7.36. The highest BCUT2D eigenvalue weighted by molar-refractivity contribution is 5.83. The van der Waals surface area contributed by atoms with E-state index < -0.39 is 0 Å². The van der Waals surface area contributed by atoms with Gasteiger partial charge in [-0.2, -0.15) is 5.10 Å². The molecule has 1 aromatic heterocycles. The zero-order valence-corrected chi connectivity index (χ0v) is 14.7. The average molecular weight is 303 g/mol. The molecule has 4 nitrogen and oxygen atoms in total. The molecule has 0 spiro atoms. The van der Waals surface area contributed by atoms with Crippen molar-refractivity contribution in [3.63, 3.8) is 0 Å². The maximum Gasteiger partial charge on any atom is 0.224 e. The number of allylic oxidation sites excluding steroid dienone is 2. The van der Waals surface area contributed by atoms with Gasteiger partial charge < -0.3 is 5.32 Å². The first-order chi connectivity index (χ1) is 10.2. The lowest BCUT2D eigenvalue weighted by atomic mass is 10.1. The Morgan fingerprint density at radius 3 is 2.64 bits per heavy atom. The summed E-state index contributed by atoms with van der Waals surface area (Å²) in [4.78, 5) is 12.3. The van der Waals surface area contributed by atoms with Crippen LogP contribution in [0.3, 0.4) is 0 Å². The van der Waals surface area contributed by atoms with E-state index in [1.165, 1.54) is 11.3 Å². The number of hydrogen-bond acceptors (Lipinski definition) is 2. The molecule has 0 aliphatic heterocycles. The topological polar surface area (TPSA) is 46.9 Å². The number of nitrogens with one attached hydrogen (secondary N) is 1. The predicted molar refractivity (Wildman–Crippen MR) is 89.5 cm³/mol. The van der Waals surface area contributed by atoms with Crippen molar-refractivity contribution in [2.75, 3.05) is 6.54 Å². The minimum absolute atomic E-state index is 0.0943. The van der Waals surface area contributed by atoms with Crippen molar-refractivity contribution in [3.8, 4) is 0 Å². The lowest BCUT2D eigenvalue weighted by molar-refractivity contribution is -0.123. The Kier molecular flexibility index (Phi) is 4.78. The van der Waals surface area contributed by atoms with E-state index in [9.17, 15) is 4.79 Å². The molecule has 0 radical (unpaired) electrons. The number of rotatable bonds is 6. The standard InChI is InChI=1S/C18H29N3O/c1-12(2)10-15-16(18(15,5)6)17(22)19-8-7-9-21-14(4)11-13(3)20-21/h10-11,15-16H,7-9H2,1-6H3,(H,19,22)/t15-,16-/m1/s1. The number of carbonyl (C=O) groups excluding carboxylic acids is 1. The van der Waals surface area contributed by atoms with Gasteiger partial charge in [-0.25, -0.2) is 0 Å². The Bertz CT molecular complexity index is 579.